The fourth-order valence-electron chi connectivity index (χ4n) is 4.29. The summed E-state index contributed by atoms with van der Waals surface area (Å²) in [6.45, 7) is 10.9. The fourth-order valence-corrected chi connectivity index (χ4v) is 4.29. The Kier molecular flexibility index (Phi) is 6.83. The highest BCUT2D eigenvalue weighted by molar-refractivity contribution is 4.85. The molecule has 1 N–H and O–H groups in total. The molecule has 0 bridgehead atoms. The Bertz CT molecular complexity index is 258. The van der Waals surface area contributed by atoms with Crippen molar-refractivity contribution in [1.29, 1.82) is 0 Å². The third kappa shape index (κ3) is 4.46. The SMILES string of the molecule is CCCNC(C)C1CCN(C2CCCC(CC)C2)CC1. The van der Waals surface area contributed by atoms with Crippen molar-refractivity contribution in [3.05, 3.63) is 0 Å². The number of hydrogen-bond donors (Lipinski definition) is 1. The average Bonchev–Trinajstić information content (AvgIpc) is 2.52. The van der Waals surface area contributed by atoms with Gasteiger partial charge in [-0.15, -0.1) is 0 Å². The van der Waals surface area contributed by atoms with Crippen LogP contribution in [-0.4, -0.2) is 36.6 Å². The summed E-state index contributed by atoms with van der Waals surface area (Å²) in [5.74, 6) is 1.92. The fraction of sp³-hybridized carbons (Fsp3) is 1.00. The first-order chi connectivity index (χ1) is 9.74. The summed E-state index contributed by atoms with van der Waals surface area (Å²) in [7, 11) is 0. The molecule has 0 aromatic heterocycles. The summed E-state index contributed by atoms with van der Waals surface area (Å²) in [6, 6.07) is 1.63. The molecule has 1 saturated heterocycles. The summed E-state index contributed by atoms with van der Waals surface area (Å²) in [5, 5.41) is 3.69. The maximum Gasteiger partial charge on any atom is 0.00978 e. The maximum absolute atomic E-state index is 3.69. The number of likely N-dealkylation sites (tertiary alicyclic amines) is 1. The van der Waals surface area contributed by atoms with E-state index in [1.807, 2.05) is 0 Å². The van der Waals surface area contributed by atoms with Crippen LogP contribution in [0.5, 0.6) is 0 Å². The van der Waals surface area contributed by atoms with Crippen molar-refractivity contribution in [1.82, 2.24) is 10.2 Å². The maximum atomic E-state index is 3.69. The molecule has 1 aliphatic heterocycles. The predicted molar refractivity (Wildman–Crippen MR) is 88.1 cm³/mol. The molecule has 0 aromatic rings. The topological polar surface area (TPSA) is 15.3 Å². The monoisotopic (exact) mass is 280 g/mol. The molecule has 2 nitrogen and oxygen atoms in total. The van der Waals surface area contributed by atoms with Gasteiger partial charge in [0.2, 0.25) is 0 Å². The molecule has 3 unspecified atom stereocenters. The second kappa shape index (κ2) is 8.38. The van der Waals surface area contributed by atoms with Gasteiger partial charge in [0.25, 0.3) is 0 Å². The minimum Gasteiger partial charge on any atom is -0.314 e. The van der Waals surface area contributed by atoms with Gasteiger partial charge in [0.05, 0.1) is 0 Å². The highest BCUT2D eigenvalue weighted by Crippen LogP contribution is 2.32. The van der Waals surface area contributed by atoms with E-state index in [0.717, 1.165) is 17.9 Å². The summed E-state index contributed by atoms with van der Waals surface area (Å²) in [5.41, 5.74) is 0. The van der Waals surface area contributed by atoms with Crippen LogP contribution < -0.4 is 5.32 Å². The van der Waals surface area contributed by atoms with E-state index in [-0.39, 0.29) is 0 Å². The van der Waals surface area contributed by atoms with Crippen LogP contribution in [0.2, 0.25) is 0 Å². The highest BCUT2D eigenvalue weighted by Gasteiger charge is 2.30. The van der Waals surface area contributed by atoms with Crippen LogP contribution in [0, 0.1) is 11.8 Å². The third-order valence-electron chi connectivity index (χ3n) is 5.85. The molecular weight excluding hydrogens is 244 g/mol. The van der Waals surface area contributed by atoms with Gasteiger partial charge < -0.3 is 10.2 Å². The lowest BCUT2D eigenvalue weighted by Crippen LogP contribution is -2.47. The second-order valence-corrected chi connectivity index (χ2v) is 7.21. The Morgan fingerprint density at radius 2 is 1.85 bits per heavy atom. The van der Waals surface area contributed by atoms with Gasteiger partial charge in [-0.25, -0.2) is 0 Å². The van der Waals surface area contributed by atoms with Crippen molar-refractivity contribution in [2.45, 2.75) is 84.2 Å². The van der Waals surface area contributed by atoms with E-state index < -0.39 is 0 Å². The Morgan fingerprint density at radius 3 is 2.50 bits per heavy atom. The van der Waals surface area contributed by atoms with Crippen molar-refractivity contribution < 1.29 is 0 Å². The Labute approximate surface area is 126 Å². The molecule has 1 saturated carbocycles. The summed E-state index contributed by atoms with van der Waals surface area (Å²) >= 11 is 0. The van der Waals surface area contributed by atoms with E-state index in [9.17, 15) is 0 Å². The molecule has 0 radical (unpaired) electrons. The van der Waals surface area contributed by atoms with E-state index >= 15 is 0 Å². The van der Waals surface area contributed by atoms with Gasteiger partial charge in [-0.1, -0.05) is 33.1 Å². The number of piperidine rings is 1. The van der Waals surface area contributed by atoms with Gasteiger partial charge in [-0.3, -0.25) is 0 Å². The number of nitrogens with one attached hydrogen (secondary N) is 1. The molecule has 2 aliphatic rings. The van der Waals surface area contributed by atoms with E-state index in [2.05, 4.69) is 31.0 Å². The number of hydrogen-bond acceptors (Lipinski definition) is 2. The molecule has 0 amide bonds. The molecule has 20 heavy (non-hydrogen) atoms. The lowest BCUT2D eigenvalue weighted by Gasteiger charge is -2.42. The Balaban J connectivity index is 1.73. The molecule has 118 valence electrons. The largest absolute Gasteiger partial charge is 0.314 e. The van der Waals surface area contributed by atoms with Crippen molar-refractivity contribution in [2.75, 3.05) is 19.6 Å². The standard InChI is InChI=1S/C18H36N2/c1-4-11-19-15(3)17-9-12-20(13-10-17)18-8-6-7-16(5-2)14-18/h15-19H,4-14H2,1-3H3. The average molecular weight is 280 g/mol. The zero-order valence-corrected chi connectivity index (χ0v) is 14.0. The second-order valence-electron chi connectivity index (χ2n) is 7.21. The predicted octanol–water partition coefficient (Wildman–Crippen LogP) is 4.06. The van der Waals surface area contributed by atoms with Gasteiger partial charge in [0, 0.05) is 12.1 Å². The third-order valence-corrected chi connectivity index (χ3v) is 5.85. The van der Waals surface area contributed by atoms with E-state index in [1.165, 1.54) is 71.0 Å². The molecule has 1 heterocycles. The van der Waals surface area contributed by atoms with Crippen molar-refractivity contribution in [3.63, 3.8) is 0 Å². The molecular formula is C18H36N2. The molecule has 3 atom stereocenters. The lowest BCUT2D eigenvalue weighted by atomic mass is 9.82. The zero-order valence-electron chi connectivity index (χ0n) is 14.0. The van der Waals surface area contributed by atoms with E-state index in [1.54, 1.807) is 0 Å². The van der Waals surface area contributed by atoms with Crippen LogP contribution in [0.3, 0.4) is 0 Å². The van der Waals surface area contributed by atoms with Gasteiger partial charge in [0.1, 0.15) is 0 Å². The first kappa shape index (κ1) is 16.3. The minimum atomic E-state index is 0.715. The molecule has 0 aromatic carbocycles. The summed E-state index contributed by atoms with van der Waals surface area (Å²) in [4.78, 5) is 2.82. The van der Waals surface area contributed by atoms with Crippen molar-refractivity contribution >= 4 is 0 Å². The van der Waals surface area contributed by atoms with Crippen molar-refractivity contribution in [3.8, 4) is 0 Å². The first-order valence-electron chi connectivity index (χ1n) is 9.22. The lowest BCUT2D eigenvalue weighted by molar-refractivity contribution is 0.0808. The van der Waals surface area contributed by atoms with Crippen molar-refractivity contribution in [2.24, 2.45) is 11.8 Å². The van der Waals surface area contributed by atoms with E-state index in [4.69, 9.17) is 0 Å². The minimum absolute atomic E-state index is 0.715. The van der Waals surface area contributed by atoms with Gasteiger partial charge in [-0.05, 0) is 70.5 Å². The molecule has 1 aliphatic carbocycles. The zero-order chi connectivity index (χ0) is 14.4. The van der Waals surface area contributed by atoms with Crippen LogP contribution in [-0.2, 0) is 0 Å². The summed E-state index contributed by atoms with van der Waals surface area (Å²) < 4.78 is 0. The first-order valence-corrected chi connectivity index (χ1v) is 9.22. The Morgan fingerprint density at radius 1 is 1.10 bits per heavy atom. The number of rotatable bonds is 6. The molecule has 2 rings (SSSR count). The van der Waals surface area contributed by atoms with Crippen LogP contribution in [0.25, 0.3) is 0 Å². The Hall–Kier alpha value is -0.0800. The quantitative estimate of drug-likeness (QED) is 0.789. The molecule has 2 heteroatoms. The van der Waals surface area contributed by atoms with Gasteiger partial charge in [-0.2, -0.15) is 0 Å². The van der Waals surface area contributed by atoms with E-state index in [0.29, 0.717) is 6.04 Å². The normalized spacial score (nSPS) is 31.4. The van der Waals surface area contributed by atoms with Crippen LogP contribution >= 0.6 is 0 Å². The molecule has 2 fully saturated rings. The van der Waals surface area contributed by atoms with Crippen LogP contribution in [0.15, 0.2) is 0 Å². The highest BCUT2D eigenvalue weighted by atomic mass is 15.2. The molecule has 0 spiro atoms. The number of nitrogens with zero attached hydrogens (tertiary/aromatic N) is 1. The van der Waals surface area contributed by atoms with Crippen LogP contribution in [0.1, 0.15) is 72.1 Å². The van der Waals surface area contributed by atoms with Gasteiger partial charge in [0.15, 0.2) is 0 Å². The smallest absolute Gasteiger partial charge is 0.00978 e. The summed E-state index contributed by atoms with van der Waals surface area (Å²) in [6.07, 6.45) is 11.4. The van der Waals surface area contributed by atoms with Crippen LogP contribution in [0.4, 0.5) is 0 Å². The van der Waals surface area contributed by atoms with Gasteiger partial charge >= 0.3 is 0 Å².